The molecule has 8 heteroatoms. The first kappa shape index (κ1) is 18.5. The van der Waals surface area contributed by atoms with Gasteiger partial charge in [-0.05, 0) is 41.8 Å². The maximum atomic E-state index is 12.6. The molecule has 0 saturated heterocycles. The molecule has 2 aromatic heterocycles. The SMILES string of the molecule is O=C(Nc1cccc(NC(=O)c2nn(-c3ccccc3)cc2O)c1)c1cccs1. The number of aromatic nitrogens is 2. The van der Waals surface area contributed by atoms with Gasteiger partial charge in [0.05, 0.1) is 16.8 Å². The number of aromatic hydroxyl groups is 1. The molecule has 0 spiro atoms. The van der Waals surface area contributed by atoms with Crippen molar-refractivity contribution in [2.45, 2.75) is 0 Å². The molecule has 0 aliphatic heterocycles. The average Bonchev–Trinajstić information content (AvgIpc) is 3.39. The molecule has 0 radical (unpaired) electrons. The van der Waals surface area contributed by atoms with Crippen LogP contribution in [-0.4, -0.2) is 26.7 Å². The van der Waals surface area contributed by atoms with Crippen LogP contribution in [-0.2, 0) is 0 Å². The van der Waals surface area contributed by atoms with Crippen molar-refractivity contribution in [3.8, 4) is 11.4 Å². The van der Waals surface area contributed by atoms with E-state index in [4.69, 9.17) is 0 Å². The van der Waals surface area contributed by atoms with Crippen molar-refractivity contribution in [3.05, 3.63) is 88.9 Å². The molecule has 3 N–H and O–H groups in total. The summed E-state index contributed by atoms with van der Waals surface area (Å²) in [6.45, 7) is 0. The Hall–Kier alpha value is -3.91. The minimum atomic E-state index is -0.557. The molecule has 0 aliphatic rings. The van der Waals surface area contributed by atoms with Crippen molar-refractivity contribution in [1.82, 2.24) is 9.78 Å². The molecular weight excluding hydrogens is 388 g/mol. The number of rotatable bonds is 5. The van der Waals surface area contributed by atoms with Gasteiger partial charge in [-0.25, -0.2) is 4.68 Å². The highest BCUT2D eigenvalue weighted by atomic mass is 32.1. The van der Waals surface area contributed by atoms with Crippen LogP contribution in [0.5, 0.6) is 5.75 Å². The highest BCUT2D eigenvalue weighted by Gasteiger charge is 2.17. The number of hydrogen-bond acceptors (Lipinski definition) is 5. The van der Waals surface area contributed by atoms with Crippen LogP contribution in [0, 0.1) is 0 Å². The molecule has 0 aliphatic carbocycles. The molecular formula is C21H16N4O3S. The van der Waals surface area contributed by atoms with E-state index in [9.17, 15) is 14.7 Å². The fraction of sp³-hybridized carbons (Fsp3) is 0. The first-order valence-corrected chi connectivity index (χ1v) is 9.58. The Labute approximate surface area is 170 Å². The van der Waals surface area contributed by atoms with Gasteiger partial charge in [-0.15, -0.1) is 11.3 Å². The fourth-order valence-electron chi connectivity index (χ4n) is 2.70. The van der Waals surface area contributed by atoms with Gasteiger partial charge in [0.15, 0.2) is 11.4 Å². The number of nitrogens with one attached hydrogen (secondary N) is 2. The van der Waals surface area contributed by atoms with E-state index in [0.29, 0.717) is 16.3 Å². The predicted molar refractivity (Wildman–Crippen MR) is 112 cm³/mol. The molecule has 4 rings (SSSR count). The molecule has 2 aromatic carbocycles. The monoisotopic (exact) mass is 404 g/mol. The third-order valence-corrected chi connectivity index (χ3v) is 4.92. The second-order valence-corrected chi connectivity index (χ2v) is 7.06. The summed E-state index contributed by atoms with van der Waals surface area (Å²) >= 11 is 1.34. The average molecular weight is 404 g/mol. The predicted octanol–water partition coefficient (Wildman–Crippen LogP) is 4.14. The highest BCUT2D eigenvalue weighted by Crippen LogP contribution is 2.21. The maximum absolute atomic E-state index is 12.6. The zero-order chi connectivity index (χ0) is 20.2. The quantitative estimate of drug-likeness (QED) is 0.466. The second-order valence-electron chi connectivity index (χ2n) is 6.11. The molecule has 0 bridgehead atoms. The van der Waals surface area contributed by atoms with Gasteiger partial charge in [-0.3, -0.25) is 9.59 Å². The minimum absolute atomic E-state index is 0.0955. The lowest BCUT2D eigenvalue weighted by molar-refractivity contribution is 0.101. The van der Waals surface area contributed by atoms with Crippen molar-refractivity contribution < 1.29 is 14.7 Å². The number of nitrogens with zero attached hydrogens (tertiary/aromatic N) is 2. The maximum Gasteiger partial charge on any atom is 0.280 e. The van der Waals surface area contributed by atoms with E-state index < -0.39 is 5.91 Å². The summed E-state index contributed by atoms with van der Waals surface area (Å²) in [6.07, 6.45) is 1.38. The summed E-state index contributed by atoms with van der Waals surface area (Å²) in [5.41, 5.74) is 1.63. The van der Waals surface area contributed by atoms with Crippen LogP contribution < -0.4 is 10.6 Å². The zero-order valence-electron chi connectivity index (χ0n) is 15.1. The Morgan fingerprint density at radius 1 is 0.897 bits per heavy atom. The lowest BCUT2D eigenvalue weighted by Gasteiger charge is -2.08. The number of benzene rings is 2. The molecule has 0 saturated carbocycles. The lowest BCUT2D eigenvalue weighted by Crippen LogP contribution is -2.14. The number of amides is 2. The molecule has 144 valence electrons. The van der Waals surface area contributed by atoms with E-state index in [1.165, 1.54) is 22.2 Å². The van der Waals surface area contributed by atoms with E-state index in [1.54, 1.807) is 36.4 Å². The third kappa shape index (κ3) is 4.17. The smallest absolute Gasteiger partial charge is 0.280 e. The van der Waals surface area contributed by atoms with Crippen molar-refractivity contribution in [1.29, 1.82) is 0 Å². The van der Waals surface area contributed by atoms with Crippen LogP contribution >= 0.6 is 11.3 Å². The van der Waals surface area contributed by atoms with Crippen molar-refractivity contribution in [2.75, 3.05) is 10.6 Å². The van der Waals surface area contributed by atoms with Crippen LogP contribution in [0.15, 0.2) is 78.3 Å². The zero-order valence-corrected chi connectivity index (χ0v) is 15.9. The van der Waals surface area contributed by atoms with E-state index >= 15 is 0 Å². The first-order valence-electron chi connectivity index (χ1n) is 8.70. The van der Waals surface area contributed by atoms with Gasteiger partial charge in [0.2, 0.25) is 0 Å². The van der Waals surface area contributed by atoms with Gasteiger partial charge in [-0.2, -0.15) is 5.10 Å². The van der Waals surface area contributed by atoms with E-state index in [2.05, 4.69) is 15.7 Å². The Bertz CT molecular complexity index is 1150. The molecule has 7 nitrogen and oxygen atoms in total. The molecule has 0 unspecified atom stereocenters. The van der Waals surface area contributed by atoms with Gasteiger partial charge in [0.1, 0.15) is 0 Å². The van der Waals surface area contributed by atoms with Crippen LogP contribution in [0.4, 0.5) is 11.4 Å². The van der Waals surface area contributed by atoms with Crippen LogP contribution in [0.3, 0.4) is 0 Å². The summed E-state index contributed by atoms with van der Waals surface area (Å²) in [5, 5.41) is 21.6. The van der Waals surface area contributed by atoms with Crippen LogP contribution in [0.25, 0.3) is 5.69 Å². The normalized spacial score (nSPS) is 10.5. The Kier molecular flexibility index (Phi) is 5.08. The van der Waals surface area contributed by atoms with Gasteiger partial charge in [-0.1, -0.05) is 30.3 Å². The summed E-state index contributed by atoms with van der Waals surface area (Å²) in [7, 11) is 0. The summed E-state index contributed by atoms with van der Waals surface area (Å²) in [6, 6.07) is 19.5. The fourth-order valence-corrected chi connectivity index (χ4v) is 3.32. The van der Waals surface area contributed by atoms with Crippen molar-refractivity contribution >= 4 is 34.5 Å². The van der Waals surface area contributed by atoms with Gasteiger partial charge in [0.25, 0.3) is 11.8 Å². The van der Waals surface area contributed by atoms with E-state index in [1.807, 2.05) is 35.7 Å². The van der Waals surface area contributed by atoms with Crippen LogP contribution in [0.1, 0.15) is 20.2 Å². The topological polar surface area (TPSA) is 96.3 Å². The number of para-hydroxylation sites is 1. The lowest BCUT2D eigenvalue weighted by atomic mass is 10.2. The van der Waals surface area contributed by atoms with Crippen molar-refractivity contribution in [3.63, 3.8) is 0 Å². The molecule has 0 atom stereocenters. The number of hydrogen-bond donors (Lipinski definition) is 3. The molecule has 2 amide bonds. The second kappa shape index (κ2) is 7.99. The molecule has 29 heavy (non-hydrogen) atoms. The molecule has 0 fully saturated rings. The summed E-state index contributed by atoms with van der Waals surface area (Å²) in [5.74, 6) is -1.00. The van der Waals surface area contributed by atoms with Crippen LogP contribution in [0.2, 0.25) is 0 Å². The Morgan fingerprint density at radius 3 is 2.31 bits per heavy atom. The van der Waals surface area contributed by atoms with Gasteiger partial charge >= 0.3 is 0 Å². The number of carbonyl (C=O) groups is 2. The number of thiophene rings is 1. The van der Waals surface area contributed by atoms with E-state index in [-0.39, 0.29) is 17.4 Å². The summed E-state index contributed by atoms with van der Waals surface area (Å²) < 4.78 is 1.43. The van der Waals surface area contributed by atoms with Gasteiger partial charge in [0, 0.05) is 11.4 Å². The minimum Gasteiger partial charge on any atom is -0.504 e. The van der Waals surface area contributed by atoms with Gasteiger partial charge < -0.3 is 15.7 Å². The highest BCUT2D eigenvalue weighted by molar-refractivity contribution is 7.12. The number of carbonyl (C=O) groups excluding carboxylic acids is 2. The molecule has 4 aromatic rings. The summed E-state index contributed by atoms with van der Waals surface area (Å²) in [4.78, 5) is 25.3. The van der Waals surface area contributed by atoms with Crippen molar-refractivity contribution in [2.24, 2.45) is 0 Å². The Morgan fingerprint density at radius 2 is 1.62 bits per heavy atom. The largest absolute Gasteiger partial charge is 0.504 e. The first-order chi connectivity index (χ1) is 14.1. The Balaban J connectivity index is 1.49. The molecule has 2 heterocycles. The number of anilines is 2. The standard InChI is InChI=1S/C21H16N4O3S/c26-17-13-25(16-8-2-1-3-9-16)24-19(17)21(28)23-15-7-4-6-14(12-15)22-20(27)18-10-5-11-29-18/h1-13,26H,(H,22,27)(H,23,28). The third-order valence-electron chi connectivity index (χ3n) is 4.05. The van der Waals surface area contributed by atoms with E-state index in [0.717, 1.165) is 5.69 Å².